The number of fused-ring (bicyclic) bond motifs is 1. The van der Waals surface area contributed by atoms with Gasteiger partial charge < -0.3 is 0 Å². The fourth-order valence-electron chi connectivity index (χ4n) is 3.71. The Balaban J connectivity index is 1.79. The molecule has 1 atom stereocenters. The lowest BCUT2D eigenvalue weighted by Gasteiger charge is -2.22. The van der Waals surface area contributed by atoms with Gasteiger partial charge in [-0.1, -0.05) is 52.3 Å². The third-order valence-corrected chi connectivity index (χ3v) is 6.94. The molecule has 0 amide bonds. The minimum atomic E-state index is -3.61. The molecule has 1 aliphatic carbocycles. The van der Waals surface area contributed by atoms with E-state index in [1.165, 1.54) is 11.1 Å². The van der Waals surface area contributed by atoms with Crippen LogP contribution >= 0.6 is 15.9 Å². The van der Waals surface area contributed by atoms with Gasteiger partial charge in [0, 0.05) is 10.0 Å². The standard InChI is InChI=1S/C20H19BrN2O2S/c1-13-19(15-8-4-9-16(21)12-15)26(24,25)23-20(13)22-18-11-5-7-14-6-2-3-10-17(14)18/h2-4,6,8-10,12,18H,5,7,11H2,1H3,(H,22,23). The summed E-state index contributed by atoms with van der Waals surface area (Å²) in [6.07, 6.45) is 3.05. The number of nitrogens with zero attached hydrogens (tertiary/aromatic N) is 1. The molecule has 2 aliphatic rings. The van der Waals surface area contributed by atoms with Gasteiger partial charge >= 0.3 is 0 Å². The second kappa shape index (κ2) is 6.67. The number of amidine groups is 1. The van der Waals surface area contributed by atoms with Crippen LogP contribution in [-0.4, -0.2) is 14.3 Å². The van der Waals surface area contributed by atoms with Gasteiger partial charge in [-0.15, -0.1) is 0 Å². The number of hydrogen-bond donors (Lipinski definition) is 1. The Hall–Kier alpha value is -1.92. The Morgan fingerprint density at radius 2 is 1.96 bits per heavy atom. The second-order valence-electron chi connectivity index (χ2n) is 6.65. The van der Waals surface area contributed by atoms with E-state index in [0.29, 0.717) is 21.9 Å². The molecule has 0 bridgehead atoms. The molecule has 134 valence electrons. The van der Waals surface area contributed by atoms with Gasteiger partial charge in [-0.05, 0) is 55.0 Å². The molecule has 0 spiro atoms. The molecule has 1 heterocycles. The summed E-state index contributed by atoms with van der Waals surface area (Å²) in [5, 5.41) is 0. The third kappa shape index (κ3) is 3.12. The van der Waals surface area contributed by atoms with E-state index in [0.717, 1.165) is 23.7 Å². The Kier molecular flexibility index (Phi) is 4.49. The predicted octanol–water partition coefficient (Wildman–Crippen LogP) is 4.59. The van der Waals surface area contributed by atoms with Crippen molar-refractivity contribution in [2.75, 3.05) is 0 Å². The highest BCUT2D eigenvalue weighted by molar-refractivity contribution is 9.10. The van der Waals surface area contributed by atoms with Crippen LogP contribution in [0.15, 0.2) is 63.6 Å². The van der Waals surface area contributed by atoms with E-state index in [9.17, 15) is 8.42 Å². The Morgan fingerprint density at radius 3 is 2.77 bits per heavy atom. The zero-order chi connectivity index (χ0) is 18.3. The van der Waals surface area contributed by atoms with Crippen molar-refractivity contribution in [2.45, 2.75) is 32.2 Å². The number of benzene rings is 2. The van der Waals surface area contributed by atoms with E-state index in [-0.39, 0.29) is 6.04 Å². The van der Waals surface area contributed by atoms with Crippen LogP contribution in [0, 0.1) is 0 Å². The van der Waals surface area contributed by atoms with Crippen molar-refractivity contribution < 1.29 is 8.42 Å². The van der Waals surface area contributed by atoms with Gasteiger partial charge in [-0.2, -0.15) is 0 Å². The highest BCUT2D eigenvalue weighted by atomic mass is 79.9. The highest BCUT2D eigenvalue weighted by Crippen LogP contribution is 2.36. The van der Waals surface area contributed by atoms with E-state index >= 15 is 0 Å². The molecular weight excluding hydrogens is 412 g/mol. The van der Waals surface area contributed by atoms with Crippen molar-refractivity contribution in [3.63, 3.8) is 0 Å². The molecule has 1 unspecified atom stereocenters. The minimum Gasteiger partial charge on any atom is -0.263 e. The fraction of sp³-hybridized carbons (Fsp3) is 0.250. The van der Waals surface area contributed by atoms with Crippen LogP contribution in [0.2, 0.25) is 0 Å². The van der Waals surface area contributed by atoms with Gasteiger partial charge in [-0.3, -0.25) is 9.71 Å². The number of hydrogen-bond acceptors (Lipinski definition) is 3. The number of halogens is 1. The average Bonchev–Trinajstić information content (AvgIpc) is 2.83. The first-order chi connectivity index (χ1) is 12.5. The highest BCUT2D eigenvalue weighted by Gasteiger charge is 2.33. The quantitative estimate of drug-likeness (QED) is 0.756. The molecule has 4 nitrogen and oxygen atoms in total. The van der Waals surface area contributed by atoms with Crippen LogP contribution in [0.5, 0.6) is 0 Å². The molecular formula is C20H19BrN2O2S. The summed E-state index contributed by atoms with van der Waals surface area (Å²) < 4.78 is 28.9. The maximum Gasteiger partial charge on any atom is 0.264 e. The van der Waals surface area contributed by atoms with Crippen molar-refractivity contribution in [3.8, 4) is 0 Å². The largest absolute Gasteiger partial charge is 0.264 e. The van der Waals surface area contributed by atoms with Crippen molar-refractivity contribution in [1.29, 1.82) is 0 Å². The van der Waals surface area contributed by atoms with E-state index < -0.39 is 10.0 Å². The van der Waals surface area contributed by atoms with Crippen LogP contribution < -0.4 is 4.72 Å². The summed E-state index contributed by atoms with van der Waals surface area (Å²) in [7, 11) is -3.61. The molecule has 26 heavy (non-hydrogen) atoms. The van der Waals surface area contributed by atoms with Gasteiger partial charge in [0.1, 0.15) is 10.7 Å². The van der Waals surface area contributed by atoms with Gasteiger partial charge in [-0.25, -0.2) is 8.42 Å². The molecule has 0 fully saturated rings. The molecule has 0 saturated heterocycles. The molecule has 1 N–H and O–H groups in total. The van der Waals surface area contributed by atoms with Crippen LogP contribution in [0.1, 0.15) is 42.5 Å². The van der Waals surface area contributed by atoms with Crippen molar-refractivity contribution in [2.24, 2.45) is 4.99 Å². The number of nitrogens with one attached hydrogen (secondary N) is 1. The number of aryl methyl sites for hydroxylation is 1. The van der Waals surface area contributed by atoms with Gasteiger partial charge in [0.15, 0.2) is 0 Å². The van der Waals surface area contributed by atoms with E-state index in [1.807, 2.05) is 43.3 Å². The normalized spacial score (nSPS) is 23.0. The first-order valence-electron chi connectivity index (χ1n) is 8.61. The number of sulfonamides is 1. The summed E-state index contributed by atoms with van der Waals surface area (Å²) in [6.45, 7) is 1.82. The summed E-state index contributed by atoms with van der Waals surface area (Å²) in [5.74, 6) is 0.460. The smallest absolute Gasteiger partial charge is 0.263 e. The minimum absolute atomic E-state index is 0.00513. The summed E-state index contributed by atoms with van der Waals surface area (Å²) in [5.41, 5.74) is 3.85. The molecule has 1 aliphatic heterocycles. The third-order valence-electron chi connectivity index (χ3n) is 4.91. The zero-order valence-electron chi connectivity index (χ0n) is 14.4. The molecule has 0 aromatic heterocycles. The van der Waals surface area contributed by atoms with Crippen LogP contribution in [0.3, 0.4) is 0 Å². The lowest BCUT2D eigenvalue weighted by molar-refractivity contribution is 0.571. The van der Waals surface area contributed by atoms with Crippen LogP contribution in [0.25, 0.3) is 4.91 Å². The predicted molar refractivity (Wildman–Crippen MR) is 108 cm³/mol. The van der Waals surface area contributed by atoms with Crippen LogP contribution in [0.4, 0.5) is 0 Å². The summed E-state index contributed by atoms with van der Waals surface area (Å²) in [6, 6.07) is 15.6. The topological polar surface area (TPSA) is 58.5 Å². The maximum atomic E-state index is 12.7. The first kappa shape index (κ1) is 17.5. The van der Waals surface area contributed by atoms with Gasteiger partial charge in [0.05, 0.1) is 6.04 Å². The second-order valence-corrected chi connectivity index (χ2v) is 9.19. The number of aliphatic imine (C=N–C) groups is 1. The Bertz CT molecular complexity index is 1040. The van der Waals surface area contributed by atoms with Crippen molar-refractivity contribution in [3.05, 3.63) is 75.3 Å². The van der Waals surface area contributed by atoms with E-state index in [4.69, 9.17) is 4.99 Å². The Morgan fingerprint density at radius 1 is 1.15 bits per heavy atom. The molecule has 0 saturated carbocycles. The lowest BCUT2D eigenvalue weighted by Crippen LogP contribution is -2.24. The van der Waals surface area contributed by atoms with E-state index in [2.05, 4.69) is 32.8 Å². The molecule has 2 aromatic rings. The molecule has 4 rings (SSSR count). The van der Waals surface area contributed by atoms with Crippen LogP contribution in [-0.2, 0) is 16.4 Å². The average molecular weight is 431 g/mol. The lowest BCUT2D eigenvalue weighted by atomic mass is 9.88. The molecule has 2 aromatic carbocycles. The van der Waals surface area contributed by atoms with E-state index in [1.54, 1.807) is 0 Å². The fourth-order valence-corrected chi connectivity index (χ4v) is 5.61. The molecule has 6 heteroatoms. The van der Waals surface area contributed by atoms with Gasteiger partial charge in [0.25, 0.3) is 10.0 Å². The van der Waals surface area contributed by atoms with Crippen molar-refractivity contribution >= 4 is 36.7 Å². The first-order valence-corrected chi connectivity index (χ1v) is 10.9. The van der Waals surface area contributed by atoms with Gasteiger partial charge in [0.2, 0.25) is 0 Å². The molecule has 0 radical (unpaired) electrons. The number of rotatable bonds is 2. The summed E-state index contributed by atoms with van der Waals surface area (Å²) in [4.78, 5) is 5.12. The monoisotopic (exact) mass is 430 g/mol. The summed E-state index contributed by atoms with van der Waals surface area (Å²) >= 11 is 3.41. The maximum absolute atomic E-state index is 12.7. The SMILES string of the molecule is CC1=C(c2cccc(Br)c2)S(=O)(=O)NC1=NC1CCCc2ccccc21. The van der Waals surface area contributed by atoms with Crippen molar-refractivity contribution in [1.82, 2.24) is 4.72 Å². The zero-order valence-corrected chi connectivity index (χ0v) is 16.8. The Labute approximate surface area is 162 Å².